The molecule has 0 amide bonds. The standard InChI is InChI=1S/C13H14F4N2O2/c14-9-2-1-8(10(5-9)13(15,16)17)6-19-4-3-12(18,7-19)11(20)21/h1-2,5H,3-4,6-7,18H2,(H,20,21). The summed E-state index contributed by atoms with van der Waals surface area (Å²) in [5, 5.41) is 9.00. The summed E-state index contributed by atoms with van der Waals surface area (Å²) in [4.78, 5) is 12.5. The number of hydrogen-bond acceptors (Lipinski definition) is 3. The van der Waals surface area contributed by atoms with Crippen molar-refractivity contribution < 1.29 is 27.5 Å². The number of halogens is 4. The molecule has 0 bridgehead atoms. The molecule has 3 N–H and O–H groups in total. The van der Waals surface area contributed by atoms with Crippen molar-refractivity contribution in [2.24, 2.45) is 5.73 Å². The second-order valence-electron chi connectivity index (χ2n) is 5.22. The zero-order chi connectivity index (χ0) is 15.8. The molecule has 4 nitrogen and oxygen atoms in total. The first-order valence-corrected chi connectivity index (χ1v) is 6.22. The number of nitrogens with zero attached hydrogens (tertiary/aromatic N) is 1. The van der Waals surface area contributed by atoms with E-state index < -0.39 is 29.1 Å². The zero-order valence-corrected chi connectivity index (χ0v) is 11.0. The summed E-state index contributed by atoms with van der Waals surface area (Å²) in [5.41, 5.74) is 3.08. The van der Waals surface area contributed by atoms with Gasteiger partial charge < -0.3 is 10.8 Å². The third-order valence-corrected chi connectivity index (χ3v) is 3.58. The van der Waals surface area contributed by atoms with Gasteiger partial charge in [0.2, 0.25) is 0 Å². The Morgan fingerprint density at radius 1 is 1.43 bits per heavy atom. The van der Waals surface area contributed by atoms with Crippen molar-refractivity contribution >= 4 is 5.97 Å². The van der Waals surface area contributed by atoms with E-state index in [-0.39, 0.29) is 31.6 Å². The molecule has 0 radical (unpaired) electrons. The first kappa shape index (κ1) is 15.7. The summed E-state index contributed by atoms with van der Waals surface area (Å²) in [5.74, 6) is -2.15. The maximum absolute atomic E-state index is 13.0. The molecule has 0 aromatic heterocycles. The predicted octanol–water partition coefficient (Wildman–Crippen LogP) is 1.83. The van der Waals surface area contributed by atoms with Crippen LogP contribution in [0.5, 0.6) is 0 Å². The van der Waals surface area contributed by atoms with Gasteiger partial charge in [0, 0.05) is 19.6 Å². The molecule has 0 spiro atoms. The third kappa shape index (κ3) is 3.33. The maximum Gasteiger partial charge on any atom is 0.416 e. The van der Waals surface area contributed by atoms with E-state index >= 15 is 0 Å². The van der Waals surface area contributed by atoms with Crippen LogP contribution in [0, 0.1) is 5.82 Å². The van der Waals surface area contributed by atoms with Gasteiger partial charge in [-0.2, -0.15) is 13.2 Å². The highest BCUT2D eigenvalue weighted by atomic mass is 19.4. The van der Waals surface area contributed by atoms with Gasteiger partial charge in [0.25, 0.3) is 0 Å². The number of carboxylic acid groups (broad SMARTS) is 1. The summed E-state index contributed by atoms with van der Waals surface area (Å²) in [7, 11) is 0. The van der Waals surface area contributed by atoms with Crippen LogP contribution in [-0.2, 0) is 17.5 Å². The predicted molar refractivity (Wildman–Crippen MR) is 65.9 cm³/mol. The van der Waals surface area contributed by atoms with Crippen molar-refractivity contribution in [2.75, 3.05) is 13.1 Å². The van der Waals surface area contributed by atoms with Crippen molar-refractivity contribution in [1.29, 1.82) is 0 Å². The quantitative estimate of drug-likeness (QED) is 0.836. The first-order valence-electron chi connectivity index (χ1n) is 6.22. The fourth-order valence-corrected chi connectivity index (χ4v) is 2.42. The summed E-state index contributed by atoms with van der Waals surface area (Å²) < 4.78 is 51.6. The van der Waals surface area contributed by atoms with Crippen LogP contribution in [0.15, 0.2) is 18.2 Å². The molecule has 8 heteroatoms. The molecule has 1 aromatic rings. The fraction of sp³-hybridized carbons (Fsp3) is 0.462. The molecule has 0 aliphatic carbocycles. The van der Waals surface area contributed by atoms with E-state index in [0.29, 0.717) is 6.07 Å². The molecule has 1 fully saturated rings. The molecule has 0 saturated carbocycles. The van der Waals surface area contributed by atoms with Crippen LogP contribution >= 0.6 is 0 Å². The number of aliphatic carboxylic acids is 1. The average molecular weight is 306 g/mol. The lowest BCUT2D eigenvalue weighted by Crippen LogP contribution is -2.50. The number of alkyl halides is 3. The molecular weight excluding hydrogens is 292 g/mol. The topological polar surface area (TPSA) is 66.6 Å². The Hall–Kier alpha value is -1.67. The SMILES string of the molecule is NC1(C(=O)O)CCN(Cc2ccc(F)cc2C(F)(F)F)C1. The van der Waals surface area contributed by atoms with Gasteiger partial charge in [0.15, 0.2) is 0 Å². The van der Waals surface area contributed by atoms with Crippen molar-refractivity contribution in [1.82, 2.24) is 4.90 Å². The van der Waals surface area contributed by atoms with Gasteiger partial charge in [-0.15, -0.1) is 0 Å². The minimum absolute atomic E-state index is 0.0446. The maximum atomic E-state index is 13.0. The van der Waals surface area contributed by atoms with Gasteiger partial charge in [-0.3, -0.25) is 9.69 Å². The smallest absolute Gasteiger partial charge is 0.416 e. The number of carboxylic acids is 1. The van der Waals surface area contributed by atoms with Gasteiger partial charge in [0.05, 0.1) is 5.56 Å². The van der Waals surface area contributed by atoms with Crippen LogP contribution in [0.4, 0.5) is 17.6 Å². The van der Waals surface area contributed by atoms with Crippen LogP contribution in [-0.4, -0.2) is 34.6 Å². The van der Waals surface area contributed by atoms with Crippen LogP contribution in [0.3, 0.4) is 0 Å². The van der Waals surface area contributed by atoms with E-state index in [2.05, 4.69) is 0 Å². The summed E-state index contributed by atoms with van der Waals surface area (Å²) in [6.45, 7) is 0.107. The Kier molecular flexibility index (Phi) is 3.94. The van der Waals surface area contributed by atoms with Crippen molar-refractivity contribution in [2.45, 2.75) is 24.7 Å². The van der Waals surface area contributed by atoms with Gasteiger partial charge in [-0.05, 0) is 24.1 Å². The molecule has 1 aliphatic heterocycles. The number of hydrogen-bond donors (Lipinski definition) is 2. The molecule has 21 heavy (non-hydrogen) atoms. The minimum atomic E-state index is -4.66. The van der Waals surface area contributed by atoms with E-state index in [0.717, 1.165) is 12.1 Å². The molecular formula is C13H14F4N2O2. The van der Waals surface area contributed by atoms with Crippen molar-refractivity contribution in [3.8, 4) is 0 Å². The summed E-state index contributed by atoms with van der Waals surface area (Å²) >= 11 is 0. The van der Waals surface area contributed by atoms with E-state index in [4.69, 9.17) is 10.8 Å². The zero-order valence-electron chi connectivity index (χ0n) is 11.0. The summed E-state index contributed by atoms with van der Waals surface area (Å²) in [6, 6.07) is 2.46. The Morgan fingerprint density at radius 2 is 2.10 bits per heavy atom. The van der Waals surface area contributed by atoms with Crippen LogP contribution in [0.2, 0.25) is 0 Å². The van der Waals surface area contributed by atoms with Gasteiger partial charge in [-0.1, -0.05) is 6.07 Å². The van der Waals surface area contributed by atoms with E-state index in [1.54, 1.807) is 0 Å². The lowest BCUT2D eigenvalue weighted by atomic mass is 10.0. The molecule has 1 atom stereocenters. The third-order valence-electron chi connectivity index (χ3n) is 3.58. The number of likely N-dealkylation sites (tertiary alicyclic amines) is 1. The lowest BCUT2D eigenvalue weighted by Gasteiger charge is -2.21. The second kappa shape index (κ2) is 5.27. The van der Waals surface area contributed by atoms with E-state index in [9.17, 15) is 22.4 Å². The molecule has 1 unspecified atom stereocenters. The van der Waals surface area contributed by atoms with Crippen LogP contribution in [0.1, 0.15) is 17.5 Å². The van der Waals surface area contributed by atoms with Crippen LogP contribution in [0.25, 0.3) is 0 Å². The number of benzene rings is 1. The van der Waals surface area contributed by atoms with E-state index in [1.165, 1.54) is 4.90 Å². The van der Waals surface area contributed by atoms with Crippen LogP contribution < -0.4 is 5.73 Å². The van der Waals surface area contributed by atoms with Gasteiger partial charge in [-0.25, -0.2) is 4.39 Å². The Morgan fingerprint density at radius 3 is 2.62 bits per heavy atom. The van der Waals surface area contributed by atoms with E-state index in [1.807, 2.05) is 0 Å². The highest BCUT2D eigenvalue weighted by molar-refractivity contribution is 5.79. The van der Waals surface area contributed by atoms with Crippen molar-refractivity contribution in [3.05, 3.63) is 35.1 Å². The largest absolute Gasteiger partial charge is 0.480 e. The summed E-state index contributed by atoms with van der Waals surface area (Å²) in [6.07, 6.45) is -4.51. The molecule has 2 rings (SSSR count). The monoisotopic (exact) mass is 306 g/mol. The normalized spacial score (nSPS) is 23.5. The van der Waals surface area contributed by atoms with Crippen molar-refractivity contribution in [3.63, 3.8) is 0 Å². The number of carbonyl (C=O) groups is 1. The Labute approximate surface area is 118 Å². The highest BCUT2D eigenvalue weighted by Crippen LogP contribution is 2.34. The Bertz CT molecular complexity index is 562. The fourth-order valence-electron chi connectivity index (χ4n) is 2.42. The highest BCUT2D eigenvalue weighted by Gasteiger charge is 2.42. The Balaban J connectivity index is 2.20. The molecule has 116 valence electrons. The molecule has 1 aromatic carbocycles. The first-order chi connectivity index (χ1) is 9.62. The van der Waals surface area contributed by atoms with Gasteiger partial charge in [0.1, 0.15) is 11.4 Å². The molecule has 1 aliphatic rings. The molecule has 1 saturated heterocycles. The average Bonchev–Trinajstić information content (AvgIpc) is 2.73. The number of rotatable bonds is 3. The second-order valence-corrected chi connectivity index (χ2v) is 5.22. The minimum Gasteiger partial charge on any atom is -0.480 e. The van der Waals surface area contributed by atoms with Gasteiger partial charge >= 0.3 is 12.1 Å². The molecule has 1 heterocycles. The number of nitrogens with two attached hydrogens (primary N) is 1. The lowest BCUT2D eigenvalue weighted by molar-refractivity contribution is -0.143.